The van der Waals surface area contributed by atoms with Crippen LogP contribution in [0.5, 0.6) is 5.88 Å². The van der Waals surface area contributed by atoms with Crippen molar-refractivity contribution in [2.75, 3.05) is 33.5 Å². The minimum absolute atomic E-state index is 0.405. The molecule has 0 atom stereocenters. The molecule has 108 valence electrons. The summed E-state index contributed by atoms with van der Waals surface area (Å²) in [5.41, 5.74) is 8.57. The Kier molecular flexibility index (Phi) is 7.32. The van der Waals surface area contributed by atoms with Crippen LogP contribution >= 0.6 is 0 Å². The first-order valence-corrected chi connectivity index (χ1v) is 6.43. The van der Waals surface area contributed by atoms with Gasteiger partial charge in [-0.2, -0.15) is 5.10 Å². The largest absolute Gasteiger partial charge is 0.476 e. The van der Waals surface area contributed by atoms with Crippen molar-refractivity contribution < 1.29 is 14.2 Å². The Morgan fingerprint density at radius 3 is 2.53 bits per heavy atom. The second kappa shape index (κ2) is 8.79. The van der Waals surface area contributed by atoms with Gasteiger partial charge in [-0.15, -0.1) is 5.10 Å². The first-order chi connectivity index (χ1) is 9.20. The van der Waals surface area contributed by atoms with E-state index in [2.05, 4.69) is 10.2 Å². The highest BCUT2D eigenvalue weighted by molar-refractivity contribution is 5.34. The highest BCUT2D eigenvalue weighted by atomic mass is 16.5. The number of nitrogens with zero attached hydrogens (tertiary/aromatic N) is 2. The Morgan fingerprint density at radius 2 is 1.84 bits per heavy atom. The maximum Gasteiger partial charge on any atom is 0.238 e. The predicted octanol–water partition coefficient (Wildman–Crippen LogP) is 0.984. The predicted molar refractivity (Wildman–Crippen MR) is 72.2 cm³/mol. The van der Waals surface area contributed by atoms with E-state index in [-0.39, 0.29) is 0 Å². The third-order valence-corrected chi connectivity index (χ3v) is 2.85. The molecule has 0 aliphatic carbocycles. The highest BCUT2D eigenvalue weighted by Gasteiger charge is 2.10. The van der Waals surface area contributed by atoms with E-state index in [9.17, 15) is 0 Å². The SMILES string of the molecule is COCCOCCCOc1nnc(C)c(C)c1CN. The second-order valence-electron chi connectivity index (χ2n) is 4.21. The van der Waals surface area contributed by atoms with Crippen molar-refractivity contribution in [1.82, 2.24) is 10.2 Å². The van der Waals surface area contributed by atoms with Crippen LogP contribution < -0.4 is 10.5 Å². The molecule has 6 nitrogen and oxygen atoms in total. The van der Waals surface area contributed by atoms with Gasteiger partial charge >= 0.3 is 0 Å². The van der Waals surface area contributed by atoms with Crippen LogP contribution in [0.15, 0.2) is 0 Å². The molecule has 6 heteroatoms. The van der Waals surface area contributed by atoms with Gasteiger partial charge in [-0.3, -0.25) is 0 Å². The fraction of sp³-hybridized carbons (Fsp3) is 0.692. The van der Waals surface area contributed by atoms with Gasteiger partial charge < -0.3 is 19.9 Å². The number of aromatic nitrogens is 2. The molecule has 0 radical (unpaired) electrons. The summed E-state index contributed by atoms with van der Waals surface area (Å²) in [5.74, 6) is 0.530. The van der Waals surface area contributed by atoms with Crippen LogP contribution in [0.25, 0.3) is 0 Å². The average molecular weight is 269 g/mol. The van der Waals surface area contributed by atoms with E-state index >= 15 is 0 Å². The summed E-state index contributed by atoms with van der Waals surface area (Å²) in [7, 11) is 1.65. The van der Waals surface area contributed by atoms with Crippen LogP contribution in [0.2, 0.25) is 0 Å². The molecular formula is C13H23N3O3. The summed E-state index contributed by atoms with van der Waals surface area (Å²) < 4.78 is 15.8. The summed E-state index contributed by atoms with van der Waals surface area (Å²) in [6.07, 6.45) is 0.794. The van der Waals surface area contributed by atoms with Crippen LogP contribution in [0, 0.1) is 13.8 Å². The van der Waals surface area contributed by atoms with E-state index in [1.165, 1.54) is 0 Å². The molecule has 0 saturated carbocycles. The molecular weight excluding hydrogens is 246 g/mol. The molecule has 1 heterocycles. The average Bonchev–Trinajstić information content (AvgIpc) is 2.42. The third kappa shape index (κ3) is 5.10. The van der Waals surface area contributed by atoms with E-state index in [0.29, 0.717) is 38.9 Å². The zero-order valence-corrected chi connectivity index (χ0v) is 11.9. The van der Waals surface area contributed by atoms with Gasteiger partial charge in [-0.05, 0) is 19.4 Å². The summed E-state index contributed by atoms with van der Waals surface area (Å²) in [6.45, 7) is 6.69. The van der Waals surface area contributed by atoms with E-state index in [1.54, 1.807) is 7.11 Å². The highest BCUT2D eigenvalue weighted by Crippen LogP contribution is 2.19. The summed E-state index contributed by atoms with van der Waals surface area (Å²) in [6, 6.07) is 0. The summed E-state index contributed by atoms with van der Waals surface area (Å²) in [4.78, 5) is 0. The second-order valence-corrected chi connectivity index (χ2v) is 4.21. The lowest BCUT2D eigenvalue weighted by Crippen LogP contribution is -2.12. The van der Waals surface area contributed by atoms with Crippen LogP contribution in [0.4, 0.5) is 0 Å². The molecule has 0 unspecified atom stereocenters. The molecule has 0 aromatic carbocycles. The first-order valence-electron chi connectivity index (χ1n) is 6.43. The quantitative estimate of drug-likeness (QED) is 0.673. The van der Waals surface area contributed by atoms with E-state index in [0.717, 1.165) is 23.2 Å². The van der Waals surface area contributed by atoms with Gasteiger partial charge in [0.1, 0.15) is 0 Å². The van der Waals surface area contributed by atoms with Gasteiger partial charge in [-0.25, -0.2) is 0 Å². The minimum atomic E-state index is 0.405. The van der Waals surface area contributed by atoms with Gasteiger partial charge in [0, 0.05) is 32.2 Å². The lowest BCUT2D eigenvalue weighted by molar-refractivity contribution is 0.0641. The van der Waals surface area contributed by atoms with Gasteiger partial charge in [0.2, 0.25) is 5.88 Å². The molecule has 0 bridgehead atoms. The number of nitrogens with two attached hydrogens (primary N) is 1. The summed E-state index contributed by atoms with van der Waals surface area (Å²) >= 11 is 0. The van der Waals surface area contributed by atoms with Crippen LogP contribution in [0.1, 0.15) is 23.2 Å². The molecule has 0 aliphatic rings. The number of ether oxygens (including phenoxy) is 3. The normalized spacial score (nSPS) is 10.7. The Morgan fingerprint density at radius 1 is 1.05 bits per heavy atom. The Bertz CT molecular complexity index is 386. The molecule has 0 fully saturated rings. The van der Waals surface area contributed by atoms with Crippen molar-refractivity contribution in [1.29, 1.82) is 0 Å². The van der Waals surface area contributed by atoms with E-state index < -0.39 is 0 Å². The molecule has 1 rings (SSSR count). The summed E-state index contributed by atoms with van der Waals surface area (Å²) in [5, 5.41) is 8.09. The maximum atomic E-state index is 5.72. The first kappa shape index (κ1) is 15.8. The van der Waals surface area contributed by atoms with Crippen LogP contribution in [-0.4, -0.2) is 43.7 Å². The van der Waals surface area contributed by atoms with Crippen molar-refractivity contribution in [2.24, 2.45) is 5.73 Å². The van der Waals surface area contributed by atoms with Gasteiger partial charge in [-0.1, -0.05) is 0 Å². The topological polar surface area (TPSA) is 79.5 Å². The molecule has 1 aromatic rings. The fourth-order valence-corrected chi connectivity index (χ4v) is 1.57. The maximum absolute atomic E-state index is 5.72. The van der Waals surface area contributed by atoms with Gasteiger partial charge in [0.25, 0.3) is 0 Å². The van der Waals surface area contributed by atoms with Crippen molar-refractivity contribution in [2.45, 2.75) is 26.8 Å². The Balaban J connectivity index is 2.35. The number of rotatable bonds is 9. The van der Waals surface area contributed by atoms with E-state index in [1.807, 2.05) is 13.8 Å². The molecule has 0 saturated heterocycles. The molecule has 0 spiro atoms. The molecule has 1 aromatic heterocycles. The fourth-order valence-electron chi connectivity index (χ4n) is 1.57. The number of hydrogen-bond acceptors (Lipinski definition) is 6. The van der Waals surface area contributed by atoms with Crippen molar-refractivity contribution in [3.63, 3.8) is 0 Å². The van der Waals surface area contributed by atoms with Crippen molar-refractivity contribution in [3.05, 3.63) is 16.8 Å². The standard InChI is InChI=1S/C13H23N3O3/c1-10-11(2)15-16-13(12(10)9-14)19-6-4-5-18-8-7-17-3/h4-9,14H2,1-3H3. The van der Waals surface area contributed by atoms with Crippen molar-refractivity contribution in [3.8, 4) is 5.88 Å². The zero-order chi connectivity index (χ0) is 14.1. The Labute approximate surface area is 114 Å². The van der Waals surface area contributed by atoms with Gasteiger partial charge in [0.15, 0.2) is 0 Å². The number of aryl methyl sites for hydroxylation is 1. The molecule has 19 heavy (non-hydrogen) atoms. The lowest BCUT2D eigenvalue weighted by Gasteiger charge is -2.12. The van der Waals surface area contributed by atoms with Crippen LogP contribution in [0.3, 0.4) is 0 Å². The zero-order valence-electron chi connectivity index (χ0n) is 11.9. The molecule has 0 aliphatic heterocycles. The molecule has 0 amide bonds. The smallest absolute Gasteiger partial charge is 0.238 e. The van der Waals surface area contributed by atoms with Gasteiger partial charge in [0.05, 0.1) is 25.5 Å². The number of hydrogen-bond donors (Lipinski definition) is 1. The monoisotopic (exact) mass is 269 g/mol. The number of methoxy groups -OCH3 is 1. The van der Waals surface area contributed by atoms with E-state index in [4.69, 9.17) is 19.9 Å². The Hall–Kier alpha value is -1.24. The lowest BCUT2D eigenvalue weighted by atomic mass is 10.1. The van der Waals surface area contributed by atoms with Crippen LogP contribution in [-0.2, 0) is 16.0 Å². The third-order valence-electron chi connectivity index (χ3n) is 2.85. The molecule has 2 N–H and O–H groups in total. The minimum Gasteiger partial charge on any atom is -0.476 e. The van der Waals surface area contributed by atoms with Crippen molar-refractivity contribution >= 4 is 0 Å².